The second-order valence-corrected chi connectivity index (χ2v) is 6.72. The number of carboxylic acids is 1. The molecule has 8 heteroatoms. The van der Waals surface area contributed by atoms with Crippen molar-refractivity contribution in [3.05, 3.63) is 29.1 Å². The maximum atomic E-state index is 12.2. The van der Waals surface area contributed by atoms with E-state index in [1.165, 1.54) is 23.3 Å². The number of anilines is 1. The van der Waals surface area contributed by atoms with Gasteiger partial charge in [-0.3, -0.25) is 4.79 Å². The quantitative estimate of drug-likeness (QED) is 0.767. The Morgan fingerprint density at radius 3 is 2.68 bits per heavy atom. The average Bonchev–Trinajstić information content (AvgIpc) is 2.98. The predicted molar refractivity (Wildman–Crippen MR) is 96.2 cm³/mol. The van der Waals surface area contributed by atoms with Crippen LogP contribution < -0.4 is 5.32 Å². The molecule has 1 unspecified atom stereocenters. The summed E-state index contributed by atoms with van der Waals surface area (Å²) < 4.78 is 5.90. The van der Waals surface area contributed by atoms with Crippen molar-refractivity contribution < 1.29 is 24.2 Å². The van der Waals surface area contributed by atoms with Gasteiger partial charge in [0.25, 0.3) is 0 Å². The maximum absolute atomic E-state index is 12.2. The predicted octanol–water partition coefficient (Wildman–Crippen LogP) is 3.26. The number of carbonyl (C=O) groups excluding carboxylic acids is 2. The van der Waals surface area contributed by atoms with E-state index in [4.69, 9.17) is 9.84 Å². The number of aliphatic carboxylic acids is 1. The first-order valence-electron chi connectivity index (χ1n) is 7.77. The number of nitrogens with zero attached hydrogens (tertiary/aromatic N) is 1. The van der Waals surface area contributed by atoms with Crippen LogP contribution in [0, 0.1) is 5.92 Å². The molecule has 1 aromatic heterocycles. The van der Waals surface area contributed by atoms with Gasteiger partial charge in [0, 0.05) is 24.0 Å². The lowest BCUT2D eigenvalue weighted by molar-refractivity contribution is -0.141. The first-order chi connectivity index (χ1) is 11.8. The Morgan fingerprint density at radius 1 is 1.32 bits per heavy atom. The molecule has 0 saturated carbocycles. The number of rotatable bonds is 6. The molecule has 0 bridgehead atoms. The van der Waals surface area contributed by atoms with Crippen molar-refractivity contribution in [1.29, 1.82) is 0 Å². The van der Waals surface area contributed by atoms with Crippen LogP contribution in [0.1, 0.15) is 23.5 Å². The topological polar surface area (TPSA) is 95.9 Å². The third-order valence-corrected chi connectivity index (χ3v) is 4.66. The van der Waals surface area contributed by atoms with Crippen LogP contribution in [-0.2, 0) is 9.53 Å². The summed E-state index contributed by atoms with van der Waals surface area (Å²) in [6.45, 7) is 3.71. The molecule has 1 aromatic carbocycles. The van der Waals surface area contributed by atoms with Gasteiger partial charge in [0.15, 0.2) is 0 Å². The lowest BCUT2D eigenvalue weighted by atomic mass is 10.2. The highest BCUT2D eigenvalue weighted by atomic mass is 32.1. The zero-order valence-corrected chi connectivity index (χ0v) is 15.1. The summed E-state index contributed by atoms with van der Waals surface area (Å²) in [6, 6.07) is 6.65. The number of urea groups is 1. The van der Waals surface area contributed by atoms with Crippen molar-refractivity contribution in [2.45, 2.75) is 13.8 Å². The van der Waals surface area contributed by atoms with Gasteiger partial charge in [-0.05, 0) is 36.6 Å². The van der Waals surface area contributed by atoms with E-state index in [9.17, 15) is 14.4 Å². The zero-order valence-electron chi connectivity index (χ0n) is 14.2. The fourth-order valence-electron chi connectivity index (χ4n) is 2.21. The minimum Gasteiger partial charge on any atom is -0.481 e. The van der Waals surface area contributed by atoms with E-state index in [-0.39, 0.29) is 12.5 Å². The fourth-order valence-corrected chi connectivity index (χ4v) is 3.15. The van der Waals surface area contributed by atoms with E-state index in [1.54, 1.807) is 32.0 Å². The lowest BCUT2D eigenvalue weighted by Crippen LogP contribution is -2.36. The summed E-state index contributed by atoms with van der Waals surface area (Å²) in [5.41, 5.74) is 0.570. The van der Waals surface area contributed by atoms with Gasteiger partial charge in [-0.25, -0.2) is 9.59 Å². The second-order valence-electron chi connectivity index (χ2n) is 5.63. The fraction of sp³-hybridized carbons (Fsp3) is 0.353. The molecule has 2 rings (SSSR count). The van der Waals surface area contributed by atoms with Gasteiger partial charge in [0.1, 0.15) is 4.88 Å². The van der Waals surface area contributed by atoms with Crippen LogP contribution in [0.3, 0.4) is 0 Å². The van der Waals surface area contributed by atoms with E-state index < -0.39 is 17.9 Å². The van der Waals surface area contributed by atoms with E-state index in [0.717, 1.165) is 10.1 Å². The van der Waals surface area contributed by atoms with E-state index in [1.807, 2.05) is 6.07 Å². The van der Waals surface area contributed by atoms with Crippen molar-refractivity contribution in [2.24, 2.45) is 5.92 Å². The molecular formula is C17H20N2O5S. The van der Waals surface area contributed by atoms with Crippen LogP contribution in [0.15, 0.2) is 24.3 Å². The smallest absolute Gasteiger partial charge is 0.348 e. The van der Waals surface area contributed by atoms with Gasteiger partial charge in [0.2, 0.25) is 0 Å². The molecule has 0 aliphatic rings. The summed E-state index contributed by atoms with van der Waals surface area (Å²) in [6.07, 6.45) is 0. The Bertz CT molecular complexity index is 801. The first-order valence-corrected chi connectivity index (χ1v) is 8.59. The number of esters is 1. The van der Waals surface area contributed by atoms with Crippen molar-refractivity contribution in [1.82, 2.24) is 4.90 Å². The number of hydrogen-bond acceptors (Lipinski definition) is 5. The van der Waals surface area contributed by atoms with Gasteiger partial charge in [0.05, 0.1) is 12.5 Å². The highest BCUT2D eigenvalue weighted by Crippen LogP contribution is 2.28. The van der Waals surface area contributed by atoms with Gasteiger partial charge < -0.3 is 20.1 Å². The Kier molecular flexibility index (Phi) is 5.97. The molecule has 0 spiro atoms. The van der Waals surface area contributed by atoms with Gasteiger partial charge in [-0.2, -0.15) is 0 Å². The Hall–Kier alpha value is -2.61. The van der Waals surface area contributed by atoms with Crippen molar-refractivity contribution in [2.75, 3.05) is 25.5 Å². The molecule has 0 radical (unpaired) electrons. The molecule has 134 valence electrons. The van der Waals surface area contributed by atoms with Crippen molar-refractivity contribution in [3.63, 3.8) is 0 Å². The molecule has 0 aliphatic carbocycles. The number of thiophene rings is 1. The van der Waals surface area contributed by atoms with Crippen LogP contribution in [0.2, 0.25) is 0 Å². The van der Waals surface area contributed by atoms with Crippen LogP contribution >= 0.6 is 11.3 Å². The molecule has 0 fully saturated rings. The van der Waals surface area contributed by atoms with Crippen LogP contribution in [0.5, 0.6) is 0 Å². The Balaban J connectivity index is 2.09. The number of carboxylic acid groups (broad SMARTS) is 1. The Labute approximate surface area is 149 Å². The summed E-state index contributed by atoms with van der Waals surface area (Å²) in [7, 11) is 1.54. The van der Waals surface area contributed by atoms with E-state index in [0.29, 0.717) is 17.2 Å². The number of ether oxygens (including phenoxy) is 1. The molecule has 25 heavy (non-hydrogen) atoms. The van der Waals surface area contributed by atoms with Crippen LogP contribution in [0.4, 0.5) is 10.5 Å². The second kappa shape index (κ2) is 7.98. The van der Waals surface area contributed by atoms with E-state index in [2.05, 4.69) is 5.32 Å². The normalized spacial score (nSPS) is 11.8. The first kappa shape index (κ1) is 18.7. The molecule has 2 aromatic rings. The van der Waals surface area contributed by atoms with Gasteiger partial charge in [-0.15, -0.1) is 11.3 Å². The molecule has 2 N–H and O–H groups in total. The SMILES string of the molecule is CCOC(=O)c1cc2cc(NC(=O)N(C)CC(C)C(=O)O)ccc2s1. The molecule has 1 atom stereocenters. The Morgan fingerprint density at radius 2 is 2.04 bits per heavy atom. The number of hydrogen-bond donors (Lipinski definition) is 2. The molecule has 1 heterocycles. The largest absolute Gasteiger partial charge is 0.481 e. The average molecular weight is 364 g/mol. The van der Waals surface area contributed by atoms with Crippen LogP contribution in [-0.4, -0.2) is 48.2 Å². The molecule has 0 saturated heterocycles. The summed E-state index contributed by atoms with van der Waals surface area (Å²) in [4.78, 5) is 36.6. The van der Waals surface area contributed by atoms with Crippen LogP contribution in [0.25, 0.3) is 10.1 Å². The molecule has 2 amide bonds. The third-order valence-electron chi connectivity index (χ3n) is 3.56. The minimum atomic E-state index is -0.953. The zero-order chi connectivity index (χ0) is 18.6. The minimum absolute atomic E-state index is 0.106. The van der Waals surface area contributed by atoms with Gasteiger partial charge in [-0.1, -0.05) is 6.92 Å². The summed E-state index contributed by atoms with van der Waals surface area (Å²) in [5.74, 6) is -1.97. The number of carbonyl (C=O) groups is 3. The van der Waals surface area contributed by atoms with E-state index >= 15 is 0 Å². The number of fused-ring (bicyclic) bond motifs is 1. The lowest BCUT2D eigenvalue weighted by Gasteiger charge is -2.20. The number of benzene rings is 1. The monoisotopic (exact) mass is 364 g/mol. The van der Waals surface area contributed by atoms with Crippen molar-refractivity contribution in [3.8, 4) is 0 Å². The summed E-state index contributed by atoms with van der Waals surface area (Å²) >= 11 is 1.33. The highest BCUT2D eigenvalue weighted by molar-refractivity contribution is 7.20. The maximum Gasteiger partial charge on any atom is 0.348 e. The summed E-state index contributed by atoms with van der Waals surface area (Å²) in [5, 5.41) is 12.5. The number of nitrogens with one attached hydrogen (secondary N) is 1. The highest BCUT2D eigenvalue weighted by Gasteiger charge is 2.18. The number of amides is 2. The van der Waals surface area contributed by atoms with Gasteiger partial charge >= 0.3 is 18.0 Å². The standard InChI is InChI=1S/C17H20N2O5S/c1-4-24-16(22)14-8-11-7-12(5-6-13(11)25-14)18-17(23)19(3)9-10(2)15(20)21/h5-8,10H,4,9H2,1-3H3,(H,18,23)(H,20,21). The molecular weight excluding hydrogens is 344 g/mol. The third kappa shape index (κ3) is 4.69. The molecule has 7 nitrogen and oxygen atoms in total. The van der Waals surface area contributed by atoms with Crippen molar-refractivity contribution >= 4 is 45.1 Å². The molecule has 0 aliphatic heterocycles.